The second-order valence-electron chi connectivity index (χ2n) is 5.93. The summed E-state index contributed by atoms with van der Waals surface area (Å²) in [6, 6.07) is 3.62. The fourth-order valence-electron chi connectivity index (χ4n) is 2.67. The first-order chi connectivity index (χ1) is 10.5. The molecule has 0 amide bonds. The number of hydrogen-bond acceptors (Lipinski definition) is 3. The normalized spacial score (nSPS) is 14.6. The van der Waals surface area contributed by atoms with Crippen molar-refractivity contribution in [1.82, 2.24) is 9.55 Å². The molecule has 0 bridgehead atoms. The number of carbonyl (C=O) groups is 1. The Bertz CT molecular complexity index is 758. The Labute approximate surface area is 128 Å². The van der Waals surface area contributed by atoms with Gasteiger partial charge in [-0.15, -0.1) is 0 Å². The SMILES string of the molecule is Cc1ccc(-c2cn(CC3CCC3)cc(C(=O)O)c2=O)nc1. The lowest BCUT2D eigenvalue weighted by atomic mass is 9.85. The van der Waals surface area contributed by atoms with Crippen LogP contribution in [0.15, 0.2) is 35.5 Å². The molecule has 3 rings (SSSR count). The Kier molecular flexibility index (Phi) is 3.79. The van der Waals surface area contributed by atoms with Gasteiger partial charge in [-0.2, -0.15) is 0 Å². The van der Waals surface area contributed by atoms with Gasteiger partial charge in [0.2, 0.25) is 5.43 Å². The fraction of sp³-hybridized carbons (Fsp3) is 0.353. The van der Waals surface area contributed by atoms with Gasteiger partial charge in [0.05, 0.1) is 11.3 Å². The van der Waals surface area contributed by atoms with E-state index in [4.69, 9.17) is 0 Å². The van der Waals surface area contributed by atoms with Crippen LogP contribution in [0.2, 0.25) is 0 Å². The van der Waals surface area contributed by atoms with E-state index < -0.39 is 11.4 Å². The van der Waals surface area contributed by atoms with Crippen LogP contribution in [0.1, 0.15) is 35.2 Å². The lowest BCUT2D eigenvalue weighted by molar-refractivity contribution is 0.0694. The standard InChI is InChI=1S/C17H18N2O3/c1-11-5-6-15(18-7-11)13-9-19(8-12-3-2-4-12)10-14(16(13)20)17(21)22/h5-7,9-10,12H,2-4,8H2,1H3,(H,21,22). The van der Waals surface area contributed by atoms with Gasteiger partial charge < -0.3 is 9.67 Å². The highest BCUT2D eigenvalue weighted by Gasteiger charge is 2.20. The number of pyridine rings is 2. The summed E-state index contributed by atoms with van der Waals surface area (Å²) in [6.45, 7) is 2.67. The summed E-state index contributed by atoms with van der Waals surface area (Å²) in [6.07, 6.45) is 8.40. The highest BCUT2D eigenvalue weighted by atomic mass is 16.4. The zero-order valence-corrected chi connectivity index (χ0v) is 12.5. The molecule has 1 fully saturated rings. The minimum absolute atomic E-state index is 0.195. The van der Waals surface area contributed by atoms with Gasteiger partial charge in [-0.3, -0.25) is 9.78 Å². The minimum atomic E-state index is -1.19. The molecule has 0 spiro atoms. The second kappa shape index (κ2) is 5.75. The zero-order chi connectivity index (χ0) is 15.7. The summed E-state index contributed by atoms with van der Waals surface area (Å²) in [5, 5.41) is 9.28. The Hall–Kier alpha value is -2.43. The van der Waals surface area contributed by atoms with E-state index in [1.807, 2.05) is 17.6 Å². The Morgan fingerprint density at radius 1 is 1.36 bits per heavy atom. The molecule has 1 saturated carbocycles. The smallest absolute Gasteiger partial charge is 0.341 e. The molecule has 0 aliphatic heterocycles. The van der Waals surface area contributed by atoms with Crippen LogP contribution in [0.3, 0.4) is 0 Å². The minimum Gasteiger partial charge on any atom is -0.477 e. The van der Waals surface area contributed by atoms with Gasteiger partial charge in [-0.1, -0.05) is 12.5 Å². The van der Waals surface area contributed by atoms with Crippen LogP contribution < -0.4 is 5.43 Å². The molecule has 22 heavy (non-hydrogen) atoms. The van der Waals surface area contributed by atoms with Gasteiger partial charge in [0.15, 0.2) is 0 Å². The Morgan fingerprint density at radius 3 is 2.68 bits per heavy atom. The van der Waals surface area contributed by atoms with Crippen LogP contribution in [0.4, 0.5) is 0 Å². The van der Waals surface area contributed by atoms with Crippen molar-refractivity contribution in [2.24, 2.45) is 5.92 Å². The molecular weight excluding hydrogens is 280 g/mol. The summed E-state index contributed by atoms with van der Waals surface area (Å²) in [5.74, 6) is -0.621. The molecule has 1 N–H and O–H groups in total. The van der Waals surface area contributed by atoms with Crippen LogP contribution >= 0.6 is 0 Å². The van der Waals surface area contributed by atoms with Crippen LogP contribution in [0.5, 0.6) is 0 Å². The molecule has 5 heteroatoms. The Balaban J connectivity index is 2.08. The lowest BCUT2D eigenvalue weighted by Gasteiger charge is -2.26. The van der Waals surface area contributed by atoms with Crippen molar-refractivity contribution in [3.8, 4) is 11.3 Å². The van der Waals surface area contributed by atoms with Crippen molar-refractivity contribution >= 4 is 5.97 Å². The van der Waals surface area contributed by atoms with Gasteiger partial charge >= 0.3 is 5.97 Å². The van der Waals surface area contributed by atoms with E-state index in [-0.39, 0.29) is 5.56 Å². The molecule has 0 unspecified atom stereocenters. The summed E-state index contributed by atoms with van der Waals surface area (Å²) in [5.41, 5.74) is 1.18. The third-order valence-corrected chi connectivity index (χ3v) is 4.19. The van der Waals surface area contributed by atoms with Crippen molar-refractivity contribution in [3.05, 3.63) is 52.1 Å². The third-order valence-electron chi connectivity index (χ3n) is 4.19. The highest BCUT2D eigenvalue weighted by molar-refractivity contribution is 5.88. The molecule has 5 nitrogen and oxygen atoms in total. The number of nitrogens with zero attached hydrogens (tertiary/aromatic N) is 2. The van der Waals surface area contributed by atoms with Crippen LogP contribution in [-0.2, 0) is 6.54 Å². The molecule has 0 saturated heterocycles. The van der Waals surface area contributed by atoms with Gasteiger partial charge in [-0.05, 0) is 37.3 Å². The number of aromatic nitrogens is 2. The van der Waals surface area contributed by atoms with E-state index in [0.717, 1.165) is 24.9 Å². The molecule has 0 aromatic carbocycles. The number of rotatable bonds is 4. The molecule has 2 heterocycles. The molecule has 2 aromatic rings. The summed E-state index contributed by atoms with van der Waals surface area (Å²) < 4.78 is 1.82. The first-order valence-electron chi connectivity index (χ1n) is 7.45. The predicted octanol–water partition coefficient (Wildman–Crippen LogP) is 2.72. The van der Waals surface area contributed by atoms with Crippen molar-refractivity contribution in [2.45, 2.75) is 32.7 Å². The topological polar surface area (TPSA) is 72.2 Å². The monoisotopic (exact) mass is 298 g/mol. The summed E-state index contributed by atoms with van der Waals surface area (Å²) in [7, 11) is 0. The van der Waals surface area contributed by atoms with Crippen molar-refractivity contribution in [1.29, 1.82) is 0 Å². The maximum Gasteiger partial charge on any atom is 0.341 e. The van der Waals surface area contributed by atoms with Gasteiger partial charge in [0.1, 0.15) is 5.56 Å². The summed E-state index contributed by atoms with van der Waals surface area (Å²) >= 11 is 0. The molecular formula is C17H18N2O3. The quantitative estimate of drug-likeness (QED) is 0.942. The molecule has 0 radical (unpaired) electrons. The molecule has 2 aromatic heterocycles. The van der Waals surface area contributed by atoms with E-state index >= 15 is 0 Å². The predicted molar refractivity (Wildman–Crippen MR) is 83.0 cm³/mol. The van der Waals surface area contributed by atoms with Crippen molar-refractivity contribution in [3.63, 3.8) is 0 Å². The molecule has 1 aliphatic carbocycles. The molecule has 1 aliphatic rings. The van der Waals surface area contributed by atoms with E-state index in [1.54, 1.807) is 18.5 Å². The maximum atomic E-state index is 12.4. The summed E-state index contributed by atoms with van der Waals surface area (Å²) in [4.78, 5) is 28.0. The highest BCUT2D eigenvalue weighted by Crippen LogP contribution is 2.28. The van der Waals surface area contributed by atoms with Crippen molar-refractivity contribution < 1.29 is 9.90 Å². The number of carboxylic acid groups (broad SMARTS) is 1. The number of hydrogen-bond donors (Lipinski definition) is 1. The van der Waals surface area contributed by atoms with Crippen LogP contribution in [-0.4, -0.2) is 20.6 Å². The number of carboxylic acids is 1. The van der Waals surface area contributed by atoms with Crippen LogP contribution in [0.25, 0.3) is 11.3 Å². The van der Waals surface area contributed by atoms with E-state index in [9.17, 15) is 14.7 Å². The molecule has 0 atom stereocenters. The molecule has 114 valence electrons. The van der Waals surface area contributed by atoms with Gasteiger partial charge in [-0.25, -0.2) is 4.79 Å². The zero-order valence-electron chi connectivity index (χ0n) is 12.5. The van der Waals surface area contributed by atoms with E-state index in [1.165, 1.54) is 12.6 Å². The van der Waals surface area contributed by atoms with Crippen molar-refractivity contribution in [2.75, 3.05) is 0 Å². The average molecular weight is 298 g/mol. The second-order valence-corrected chi connectivity index (χ2v) is 5.93. The fourth-order valence-corrected chi connectivity index (χ4v) is 2.67. The maximum absolute atomic E-state index is 12.4. The average Bonchev–Trinajstić information content (AvgIpc) is 2.45. The Morgan fingerprint density at radius 2 is 2.14 bits per heavy atom. The van der Waals surface area contributed by atoms with E-state index in [0.29, 0.717) is 17.2 Å². The van der Waals surface area contributed by atoms with E-state index in [2.05, 4.69) is 4.98 Å². The van der Waals surface area contributed by atoms with Gasteiger partial charge in [0, 0.05) is 25.1 Å². The van der Waals surface area contributed by atoms with Gasteiger partial charge in [0.25, 0.3) is 0 Å². The first-order valence-corrected chi connectivity index (χ1v) is 7.45. The van der Waals surface area contributed by atoms with Crippen LogP contribution in [0, 0.1) is 12.8 Å². The third kappa shape index (κ3) is 2.79. The lowest BCUT2D eigenvalue weighted by Crippen LogP contribution is -2.23. The number of aryl methyl sites for hydroxylation is 1. The number of aromatic carboxylic acids is 1. The first kappa shape index (κ1) is 14.5. The largest absolute Gasteiger partial charge is 0.477 e.